The minimum absolute atomic E-state index is 0.0250. The maximum absolute atomic E-state index is 15.2. The third kappa shape index (κ3) is 8.48. The van der Waals surface area contributed by atoms with Gasteiger partial charge in [-0.25, -0.2) is 12.8 Å². The lowest BCUT2D eigenvalue weighted by atomic mass is 10.0. The summed E-state index contributed by atoms with van der Waals surface area (Å²) < 4.78 is 49.4. The molecule has 0 saturated carbocycles. The molecule has 4 aromatic carbocycles. The van der Waals surface area contributed by atoms with Crippen LogP contribution < -0.4 is 14.4 Å². The predicted octanol–water partition coefficient (Wildman–Crippen LogP) is 5.50. The number of nitrogens with one attached hydrogen (secondary N) is 1. The van der Waals surface area contributed by atoms with E-state index in [1.54, 1.807) is 36.4 Å². The van der Waals surface area contributed by atoms with Gasteiger partial charge in [-0.2, -0.15) is 0 Å². The first-order valence-electron chi connectivity index (χ1n) is 14.7. The summed E-state index contributed by atoms with van der Waals surface area (Å²) in [4.78, 5) is 29.4. The second-order valence-electron chi connectivity index (χ2n) is 10.6. The number of hydrogen-bond donors (Lipinski definition) is 1. The lowest BCUT2D eigenvalue weighted by Gasteiger charge is -2.34. The molecule has 4 rings (SSSR count). The summed E-state index contributed by atoms with van der Waals surface area (Å²) >= 11 is 0. The van der Waals surface area contributed by atoms with Crippen molar-refractivity contribution in [3.05, 3.63) is 126 Å². The van der Waals surface area contributed by atoms with Crippen molar-refractivity contribution in [1.82, 2.24) is 10.2 Å². The lowest BCUT2D eigenvalue weighted by Crippen LogP contribution is -2.53. The SMILES string of the molecule is CCCNC(=O)C(Cc1ccccc1)N(Cc1cccc(OC)c1)C(=O)CN(c1ccccc1F)S(=O)(=O)c1ccc(C)cc1. The van der Waals surface area contributed by atoms with Crippen LogP contribution in [0.5, 0.6) is 5.75 Å². The van der Waals surface area contributed by atoms with E-state index in [-0.39, 0.29) is 29.5 Å². The fourth-order valence-electron chi connectivity index (χ4n) is 4.89. The Morgan fingerprint density at radius 2 is 1.56 bits per heavy atom. The average molecular weight is 632 g/mol. The average Bonchev–Trinajstić information content (AvgIpc) is 3.05. The third-order valence-corrected chi connectivity index (χ3v) is 9.09. The predicted molar refractivity (Wildman–Crippen MR) is 173 cm³/mol. The van der Waals surface area contributed by atoms with Gasteiger partial charge in [-0.3, -0.25) is 13.9 Å². The summed E-state index contributed by atoms with van der Waals surface area (Å²) in [5.74, 6) is -1.30. The number of carbonyl (C=O) groups excluding carboxylic acids is 2. The Balaban J connectivity index is 1.81. The van der Waals surface area contributed by atoms with Crippen molar-refractivity contribution in [2.45, 2.75) is 44.2 Å². The van der Waals surface area contributed by atoms with Crippen molar-refractivity contribution in [3.63, 3.8) is 0 Å². The van der Waals surface area contributed by atoms with Crippen LogP contribution in [0.4, 0.5) is 10.1 Å². The molecule has 1 unspecified atom stereocenters. The molecular weight excluding hydrogens is 593 g/mol. The standard InChI is InChI=1S/C35H38FN3O5S/c1-4-21-37-35(41)33(23-27-11-6-5-7-12-27)38(24-28-13-10-14-29(22-28)44-3)34(40)25-39(32-16-9-8-15-31(32)36)45(42,43)30-19-17-26(2)18-20-30/h5-20,22,33H,4,21,23-25H2,1-3H3,(H,37,41). The zero-order chi connectivity index (χ0) is 32.4. The Bertz CT molecular complexity index is 1700. The van der Waals surface area contributed by atoms with E-state index < -0.39 is 34.3 Å². The first-order valence-corrected chi connectivity index (χ1v) is 16.2. The van der Waals surface area contributed by atoms with Crippen molar-refractivity contribution >= 4 is 27.5 Å². The van der Waals surface area contributed by atoms with Gasteiger partial charge in [-0.1, -0.05) is 79.2 Å². The first kappa shape index (κ1) is 33.2. The summed E-state index contributed by atoms with van der Waals surface area (Å²) in [5.41, 5.74) is 2.05. The highest BCUT2D eigenvalue weighted by Gasteiger charge is 2.35. The molecule has 0 radical (unpaired) electrons. The molecule has 1 atom stereocenters. The van der Waals surface area contributed by atoms with Gasteiger partial charge in [0.05, 0.1) is 17.7 Å². The third-order valence-electron chi connectivity index (χ3n) is 7.32. The quantitative estimate of drug-likeness (QED) is 0.198. The molecule has 45 heavy (non-hydrogen) atoms. The second kappa shape index (κ2) is 15.3. The van der Waals surface area contributed by atoms with E-state index in [0.29, 0.717) is 24.3 Å². The van der Waals surface area contributed by atoms with Crippen LogP contribution in [0.1, 0.15) is 30.0 Å². The van der Waals surface area contributed by atoms with Gasteiger partial charge in [-0.05, 0) is 60.9 Å². The van der Waals surface area contributed by atoms with Crippen molar-refractivity contribution < 1.29 is 27.1 Å². The van der Waals surface area contributed by atoms with Crippen LogP contribution in [0, 0.1) is 12.7 Å². The molecule has 0 aliphatic rings. The molecule has 10 heteroatoms. The Morgan fingerprint density at radius 3 is 2.22 bits per heavy atom. The Kier molecular flexibility index (Phi) is 11.3. The van der Waals surface area contributed by atoms with Gasteiger partial charge < -0.3 is 15.0 Å². The van der Waals surface area contributed by atoms with Gasteiger partial charge in [0, 0.05) is 19.5 Å². The number of ether oxygens (including phenoxy) is 1. The van der Waals surface area contributed by atoms with Gasteiger partial charge in [0.15, 0.2) is 0 Å². The first-order chi connectivity index (χ1) is 21.6. The minimum Gasteiger partial charge on any atom is -0.497 e. The van der Waals surface area contributed by atoms with Crippen LogP contribution in [0.3, 0.4) is 0 Å². The van der Waals surface area contributed by atoms with E-state index >= 15 is 4.39 Å². The second-order valence-corrected chi connectivity index (χ2v) is 12.5. The van der Waals surface area contributed by atoms with Crippen LogP contribution in [-0.2, 0) is 32.6 Å². The van der Waals surface area contributed by atoms with Gasteiger partial charge in [0.1, 0.15) is 24.2 Å². The molecule has 8 nitrogen and oxygen atoms in total. The fraction of sp³-hybridized carbons (Fsp3) is 0.257. The van der Waals surface area contributed by atoms with E-state index in [0.717, 1.165) is 21.5 Å². The number of para-hydroxylation sites is 1. The number of hydrogen-bond acceptors (Lipinski definition) is 5. The summed E-state index contributed by atoms with van der Waals surface area (Å²) in [7, 11) is -2.87. The van der Waals surface area contributed by atoms with Crippen molar-refractivity contribution in [2.75, 3.05) is 24.5 Å². The number of rotatable bonds is 14. The number of sulfonamides is 1. The molecule has 1 N–H and O–H groups in total. The highest BCUT2D eigenvalue weighted by molar-refractivity contribution is 7.92. The maximum atomic E-state index is 15.2. The number of aryl methyl sites for hydroxylation is 1. The van der Waals surface area contributed by atoms with Crippen LogP contribution in [0.25, 0.3) is 0 Å². The van der Waals surface area contributed by atoms with Crippen molar-refractivity contribution in [1.29, 1.82) is 0 Å². The van der Waals surface area contributed by atoms with E-state index in [4.69, 9.17) is 4.74 Å². The molecule has 0 spiro atoms. The molecule has 0 saturated heterocycles. The van der Waals surface area contributed by atoms with E-state index in [1.807, 2.05) is 44.2 Å². The molecule has 0 aliphatic carbocycles. The zero-order valence-electron chi connectivity index (χ0n) is 25.6. The van der Waals surface area contributed by atoms with Crippen LogP contribution in [0.2, 0.25) is 0 Å². The summed E-state index contributed by atoms with van der Waals surface area (Å²) in [6.45, 7) is 3.38. The largest absolute Gasteiger partial charge is 0.497 e. The number of anilines is 1. The van der Waals surface area contributed by atoms with Gasteiger partial charge in [-0.15, -0.1) is 0 Å². The smallest absolute Gasteiger partial charge is 0.264 e. The zero-order valence-corrected chi connectivity index (χ0v) is 26.5. The monoisotopic (exact) mass is 631 g/mol. The molecule has 2 amide bonds. The van der Waals surface area contributed by atoms with Crippen LogP contribution >= 0.6 is 0 Å². The lowest BCUT2D eigenvalue weighted by molar-refractivity contribution is -0.140. The number of halogens is 1. The number of carbonyl (C=O) groups is 2. The van der Waals surface area contributed by atoms with E-state index in [2.05, 4.69) is 5.32 Å². The van der Waals surface area contributed by atoms with Crippen LogP contribution in [-0.4, -0.2) is 51.4 Å². The molecule has 236 valence electrons. The molecular formula is C35H38FN3O5S. The van der Waals surface area contributed by atoms with Gasteiger partial charge >= 0.3 is 0 Å². The summed E-state index contributed by atoms with van der Waals surface area (Å²) in [6.07, 6.45) is 0.861. The maximum Gasteiger partial charge on any atom is 0.264 e. The molecule has 0 aromatic heterocycles. The normalized spacial score (nSPS) is 11.8. The highest BCUT2D eigenvalue weighted by atomic mass is 32.2. The molecule has 0 bridgehead atoms. The number of amides is 2. The Morgan fingerprint density at radius 1 is 0.889 bits per heavy atom. The summed E-state index contributed by atoms with van der Waals surface area (Å²) in [5, 5.41) is 2.90. The van der Waals surface area contributed by atoms with Crippen molar-refractivity contribution in [3.8, 4) is 5.75 Å². The number of nitrogens with zero attached hydrogens (tertiary/aromatic N) is 2. The highest BCUT2D eigenvalue weighted by Crippen LogP contribution is 2.28. The van der Waals surface area contributed by atoms with Gasteiger partial charge in [0.25, 0.3) is 10.0 Å². The molecule has 0 fully saturated rings. The number of benzene rings is 4. The Hall–Kier alpha value is -4.70. The summed E-state index contributed by atoms with van der Waals surface area (Å²) in [6, 6.07) is 26.9. The molecule has 0 heterocycles. The Labute approximate surface area is 264 Å². The number of methoxy groups -OCH3 is 1. The van der Waals surface area contributed by atoms with Gasteiger partial charge in [0.2, 0.25) is 11.8 Å². The van der Waals surface area contributed by atoms with Crippen LogP contribution in [0.15, 0.2) is 108 Å². The minimum atomic E-state index is -4.40. The van der Waals surface area contributed by atoms with E-state index in [1.165, 1.54) is 42.3 Å². The topological polar surface area (TPSA) is 96.0 Å². The van der Waals surface area contributed by atoms with Crippen molar-refractivity contribution in [2.24, 2.45) is 0 Å². The van der Waals surface area contributed by atoms with E-state index in [9.17, 15) is 18.0 Å². The molecule has 0 aliphatic heterocycles. The molecule has 4 aromatic rings. The fourth-order valence-corrected chi connectivity index (χ4v) is 6.31.